The molecule has 1 unspecified atom stereocenters. The summed E-state index contributed by atoms with van der Waals surface area (Å²) in [5.41, 5.74) is 6.15. The van der Waals surface area contributed by atoms with Crippen LogP contribution in [-0.4, -0.2) is 37.0 Å². The minimum absolute atomic E-state index is 0.0929. The van der Waals surface area contributed by atoms with E-state index in [4.69, 9.17) is 15.9 Å². The SMILES string of the molecule is CN1CCCCC1CCOc1ccc(C(=N)N)cc1. The van der Waals surface area contributed by atoms with Crippen molar-refractivity contribution in [2.24, 2.45) is 5.73 Å². The second kappa shape index (κ2) is 6.57. The molecule has 1 heterocycles. The molecule has 1 atom stereocenters. The Balaban J connectivity index is 1.77. The van der Waals surface area contributed by atoms with Crippen LogP contribution in [0.3, 0.4) is 0 Å². The molecule has 0 radical (unpaired) electrons. The molecular weight excluding hydrogens is 238 g/mol. The van der Waals surface area contributed by atoms with Gasteiger partial charge < -0.3 is 15.4 Å². The van der Waals surface area contributed by atoms with Crippen LogP contribution in [0.1, 0.15) is 31.2 Å². The number of hydrogen-bond acceptors (Lipinski definition) is 3. The Bertz CT molecular complexity index is 416. The Morgan fingerprint density at radius 2 is 2.11 bits per heavy atom. The lowest BCUT2D eigenvalue weighted by Crippen LogP contribution is -2.37. The third-order valence-corrected chi connectivity index (χ3v) is 3.81. The molecule has 0 saturated carbocycles. The number of ether oxygens (including phenoxy) is 1. The molecule has 0 amide bonds. The van der Waals surface area contributed by atoms with Crippen molar-refractivity contribution in [1.82, 2.24) is 4.90 Å². The van der Waals surface area contributed by atoms with Crippen LogP contribution >= 0.6 is 0 Å². The molecule has 104 valence electrons. The topological polar surface area (TPSA) is 62.3 Å². The number of likely N-dealkylation sites (tertiary alicyclic amines) is 1. The summed E-state index contributed by atoms with van der Waals surface area (Å²) in [6.07, 6.45) is 5.01. The van der Waals surface area contributed by atoms with Gasteiger partial charge in [0.15, 0.2) is 0 Å². The highest BCUT2D eigenvalue weighted by Gasteiger charge is 2.18. The molecule has 3 N–H and O–H groups in total. The van der Waals surface area contributed by atoms with E-state index in [1.807, 2.05) is 24.3 Å². The van der Waals surface area contributed by atoms with Crippen LogP contribution in [0.15, 0.2) is 24.3 Å². The zero-order valence-electron chi connectivity index (χ0n) is 11.6. The van der Waals surface area contributed by atoms with Crippen molar-refractivity contribution in [2.45, 2.75) is 31.7 Å². The molecule has 4 nitrogen and oxygen atoms in total. The molecule has 1 fully saturated rings. The maximum Gasteiger partial charge on any atom is 0.122 e. The summed E-state index contributed by atoms with van der Waals surface area (Å²) in [4.78, 5) is 2.44. The number of amidine groups is 1. The van der Waals surface area contributed by atoms with Crippen molar-refractivity contribution in [3.63, 3.8) is 0 Å². The maximum absolute atomic E-state index is 7.33. The van der Waals surface area contributed by atoms with Gasteiger partial charge in [-0.3, -0.25) is 5.41 Å². The van der Waals surface area contributed by atoms with Gasteiger partial charge in [0.25, 0.3) is 0 Å². The third-order valence-electron chi connectivity index (χ3n) is 3.81. The number of benzene rings is 1. The van der Waals surface area contributed by atoms with Crippen molar-refractivity contribution in [3.8, 4) is 5.75 Å². The minimum atomic E-state index is 0.0929. The average Bonchev–Trinajstić information content (AvgIpc) is 2.41. The van der Waals surface area contributed by atoms with Crippen molar-refractivity contribution < 1.29 is 4.74 Å². The van der Waals surface area contributed by atoms with Crippen LogP contribution in [0, 0.1) is 5.41 Å². The van der Waals surface area contributed by atoms with Gasteiger partial charge in [-0.05, 0) is 57.1 Å². The van der Waals surface area contributed by atoms with Crippen molar-refractivity contribution in [2.75, 3.05) is 20.2 Å². The number of rotatable bonds is 5. The molecule has 1 aliphatic rings. The number of hydrogen-bond donors (Lipinski definition) is 2. The van der Waals surface area contributed by atoms with Crippen LogP contribution in [0.5, 0.6) is 5.75 Å². The summed E-state index contributed by atoms with van der Waals surface area (Å²) in [7, 11) is 2.20. The highest BCUT2D eigenvalue weighted by atomic mass is 16.5. The lowest BCUT2D eigenvalue weighted by Gasteiger charge is -2.32. The van der Waals surface area contributed by atoms with Crippen molar-refractivity contribution in [1.29, 1.82) is 5.41 Å². The standard InChI is InChI=1S/C15H23N3O/c1-18-10-3-2-4-13(18)9-11-19-14-7-5-12(6-8-14)15(16)17/h5-8,13H,2-4,9-11H2,1H3,(H3,16,17). The quantitative estimate of drug-likeness (QED) is 0.631. The van der Waals surface area contributed by atoms with Crippen molar-refractivity contribution >= 4 is 5.84 Å². The number of piperidine rings is 1. The molecule has 19 heavy (non-hydrogen) atoms. The van der Waals surface area contributed by atoms with E-state index < -0.39 is 0 Å². The van der Waals surface area contributed by atoms with E-state index in [0.717, 1.165) is 24.3 Å². The molecule has 1 aliphatic heterocycles. The summed E-state index contributed by atoms with van der Waals surface area (Å²) in [6.45, 7) is 1.95. The third kappa shape index (κ3) is 3.96. The fraction of sp³-hybridized carbons (Fsp3) is 0.533. The van der Waals surface area contributed by atoms with Crippen LogP contribution in [0.2, 0.25) is 0 Å². The van der Waals surface area contributed by atoms with Crippen LogP contribution in [0.25, 0.3) is 0 Å². The van der Waals surface area contributed by atoms with E-state index in [-0.39, 0.29) is 5.84 Å². The number of nitrogens with zero attached hydrogens (tertiary/aromatic N) is 1. The summed E-state index contributed by atoms with van der Waals surface area (Å²) in [5.74, 6) is 0.943. The summed E-state index contributed by atoms with van der Waals surface area (Å²) in [6, 6.07) is 8.06. The highest BCUT2D eigenvalue weighted by molar-refractivity contribution is 5.94. The van der Waals surface area contributed by atoms with Gasteiger partial charge in [0, 0.05) is 11.6 Å². The van der Waals surface area contributed by atoms with Crippen LogP contribution in [-0.2, 0) is 0 Å². The predicted octanol–water partition coefficient (Wildman–Crippen LogP) is 2.22. The average molecular weight is 261 g/mol. The first-order chi connectivity index (χ1) is 9.16. The second-order valence-corrected chi connectivity index (χ2v) is 5.21. The normalized spacial score (nSPS) is 20.2. The van der Waals surface area contributed by atoms with E-state index in [0.29, 0.717) is 6.04 Å². The molecule has 1 aromatic carbocycles. The largest absolute Gasteiger partial charge is 0.494 e. The molecule has 0 aromatic heterocycles. The molecular formula is C15H23N3O. The van der Waals surface area contributed by atoms with E-state index in [1.165, 1.54) is 25.8 Å². The number of nitrogens with two attached hydrogens (primary N) is 1. The molecule has 2 rings (SSSR count). The monoisotopic (exact) mass is 261 g/mol. The minimum Gasteiger partial charge on any atom is -0.494 e. The van der Waals surface area contributed by atoms with Gasteiger partial charge in [-0.1, -0.05) is 6.42 Å². The summed E-state index contributed by atoms with van der Waals surface area (Å²) in [5, 5.41) is 7.33. The van der Waals surface area contributed by atoms with E-state index in [2.05, 4.69) is 11.9 Å². The molecule has 0 spiro atoms. The molecule has 4 heteroatoms. The molecule has 1 saturated heterocycles. The zero-order valence-corrected chi connectivity index (χ0v) is 11.6. The zero-order chi connectivity index (χ0) is 13.7. The Morgan fingerprint density at radius 3 is 2.74 bits per heavy atom. The van der Waals surface area contributed by atoms with Gasteiger partial charge in [-0.25, -0.2) is 0 Å². The number of nitrogens with one attached hydrogen (secondary N) is 1. The predicted molar refractivity (Wildman–Crippen MR) is 77.8 cm³/mol. The van der Waals surface area contributed by atoms with E-state index in [9.17, 15) is 0 Å². The summed E-state index contributed by atoms with van der Waals surface area (Å²) < 4.78 is 5.75. The van der Waals surface area contributed by atoms with Crippen molar-refractivity contribution in [3.05, 3.63) is 29.8 Å². The number of nitrogen functional groups attached to an aromatic ring is 1. The van der Waals surface area contributed by atoms with Gasteiger partial charge in [-0.15, -0.1) is 0 Å². The van der Waals surface area contributed by atoms with Gasteiger partial charge >= 0.3 is 0 Å². The molecule has 0 aliphatic carbocycles. The maximum atomic E-state index is 7.33. The molecule has 1 aromatic rings. The lowest BCUT2D eigenvalue weighted by atomic mass is 10.0. The fourth-order valence-electron chi connectivity index (χ4n) is 2.55. The molecule has 0 bridgehead atoms. The highest BCUT2D eigenvalue weighted by Crippen LogP contribution is 2.18. The first-order valence-electron chi connectivity index (χ1n) is 6.94. The van der Waals surface area contributed by atoms with Gasteiger partial charge in [0.05, 0.1) is 6.61 Å². The van der Waals surface area contributed by atoms with Gasteiger partial charge in [-0.2, -0.15) is 0 Å². The van der Waals surface area contributed by atoms with Crippen LogP contribution in [0.4, 0.5) is 0 Å². The van der Waals surface area contributed by atoms with E-state index >= 15 is 0 Å². The Kier molecular flexibility index (Phi) is 4.80. The lowest BCUT2D eigenvalue weighted by molar-refractivity contribution is 0.153. The van der Waals surface area contributed by atoms with Gasteiger partial charge in [0.1, 0.15) is 11.6 Å². The Morgan fingerprint density at radius 1 is 1.37 bits per heavy atom. The van der Waals surface area contributed by atoms with Gasteiger partial charge in [0.2, 0.25) is 0 Å². The fourth-order valence-corrected chi connectivity index (χ4v) is 2.55. The first-order valence-corrected chi connectivity index (χ1v) is 6.94. The van der Waals surface area contributed by atoms with E-state index in [1.54, 1.807) is 0 Å². The smallest absolute Gasteiger partial charge is 0.122 e. The Labute approximate surface area is 115 Å². The summed E-state index contributed by atoms with van der Waals surface area (Å²) >= 11 is 0. The van der Waals surface area contributed by atoms with Crippen LogP contribution < -0.4 is 10.5 Å². The first kappa shape index (κ1) is 13.9. The second-order valence-electron chi connectivity index (χ2n) is 5.21. The Hall–Kier alpha value is -1.55.